The van der Waals surface area contributed by atoms with Crippen molar-refractivity contribution in [2.75, 3.05) is 13.2 Å². The van der Waals surface area contributed by atoms with Crippen LogP contribution in [0, 0.1) is 5.41 Å². The summed E-state index contributed by atoms with van der Waals surface area (Å²) in [6.45, 7) is 3.80. The Hall–Kier alpha value is -0.670. The summed E-state index contributed by atoms with van der Waals surface area (Å²) in [7, 11) is 0. The molecule has 0 radical (unpaired) electrons. The molecular formula is C14H20O3. The predicted molar refractivity (Wildman–Crippen MR) is 63.5 cm³/mol. The van der Waals surface area contributed by atoms with E-state index in [9.17, 15) is 4.79 Å². The Balaban J connectivity index is 2.00. The number of hydrogen-bond donors (Lipinski definition) is 0. The second kappa shape index (κ2) is 3.92. The van der Waals surface area contributed by atoms with Crippen molar-refractivity contribution in [3.8, 4) is 0 Å². The van der Waals surface area contributed by atoms with E-state index in [1.807, 2.05) is 6.08 Å². The molecule has 1 saturated heterocycles. The van der Waals surface area contributed by atoms with Gasteiger partial charge < -0.3 is 9.47 Å². The third-order valence-corrected chi connectivity index (χ3v) is 4.67. The Morgan fingerprint density at radius 2 is 1.88 bits per heavy atom. The van der Waals surface area contributed by atoms with Gasteiger partial charge >= 0.3 is 0 Å². The van der Waals surface area contributed by atoms with E-state index in [4.69, 9.17) is 9.47 Å². The largest absolute Gasteiger partial charge is 0.349 e. The Kier molecular flexibility index (Phi) is 2.64. The lowest BCUT2D eigenvalue weighted by molar-refractivity contribution is -0.323. The van der Waals surface area contributed by atoms with E-state index in [0.29, 0.717) is 6.42 Å². The van der Waals surface area contributed by atoms with Gasteiger partial charge in [-0.15, -0.1) is 0 Å². The summed E-state index contributed by atoms with van der Waals surface area (Å²) in [6.07, 6.45) is 7.40. The van der Waals surface area contributed by atoms with Crippen LogP contribution in [0.1, 0.15) is 45.4 Å². The van der Waals surface area contributed by atoms with Crippen molar-refractivity contribution in [3.63, 3.8) is 0 Å². The fourth-order valence-corrected chi connectivity index (χ4v) is 3.57. The van der Waals surface area contributed by atoms with Crippen LogP contribution in [0.5, 0.6) is 0 Å². The molecule has 1 aliphatic heterocycles. The second-order valence-corrected chi connectivity index (χ2v) is 5.62. The molecule has 1 spiro atoms. The van der Waals surface area contributed by atoms with Gasteiger partial charge in [-0.2, -0.15) is 0 Å². The van der Waals surface area contributed by atoms with E-state index in [2.05, 4.69) is 6.92 Å². The standard InChI is InChI=1S/C14H20O3/c1-13-7-5-12(15)10-11(13)4-2-6-14(13)16-8-3-9-17-14/h10H,2-9H2,1H3/t13-/m0/s1. The van der Waals surface area contributed by atoms with Gasteiger partial charge in [0, 0.05) is 18.3 Å². The molecule has 0 amide bonds. The summed E-state index contributed by atoms with van der Waals surface area (Å²) >= 11 is 0. The van der Waals surface area contributed by atoms with Crippen LogP contribution in [0.25, 0.3) is 0 Å². The minimum absolute atomic E-state index is 0.0838. The zero-order chi connectivity index (χ0) is 11.9. The van der Waals surface area contributed by atoms with Crippen molar-refractivity contribution in [2.45, 2.75) is 51.2 Å². The first-order valence-electron chi connectivity index (χ1n) is 6.68. The van der Waals surface area contributed by atoms with Gasteiger partial charge in [0.25, 0.3) is 0 Å². The van der Waals surface area contributed by atoms with Crippen molar-refractivity contribution in [3.05, 3.63) is 11.6 Å². The molecule has 0 aromatic heterocycles. The van der Waals surface area contributed by atoms with Crippen molar-refractivity contribution < 1.29 is 14.3 Å². The third-order valence-electron chi connectivity index (χ3n) is 4.67. The summed E-state index contributed by atoms with van der Waals surface area (Å²) in [5.41, 5.74) is 1.17. The lowest BCUT2D eigenvalue weighted by atomic mass is 9.62. The number of rotatable bonds is 0. The average Bonchev–Trinajstić information content (AvgIpc) is 2.34. The van der Waals surface area contributed by atoms with Crippen LogP contribution in [0.2, 0.25) is 0 Å². The molecule has 1 heterocycles. The molecule has 3 aliphatic rings. The maximum atomic E-state index is 11.6. The maximum absolute atomic E-state index is 11.6. The van der Waals surface area contributed by atoms with Crippen molar-refractivity contribution in [2.24, 2.45) is 5.41 Å². The van der Waals surface area contributed by atoms with E-state index in [-0.39, 0.29) is 11.2 Å². The smallest absolute Gasteiger partial charge is 0.177 e. The Bertz CT molecular complexity index is 360. The minimum atomic E-state index is -0.448. The minimum Gasteiger partial charge on any atom is -0.349 e. The van der Waals surface area contributed by atoms with Crippen LogP contribution in [-0.2, 0) is 14.3 Å². The first-order valence-corrected chi connectivity index (χ1v) is 6.68. The van der Waals surface area contributed by atoms with Crippen LogP contribution < -0.4 is 0 Å². The fourth-order valence-electron chi connectivity index (χ4n) is 3.57. The lowest BCUT2D eigenvalue weighted by Gasteiger charge is -2.54. The highest BCUT2D eigenvalue weighted by atomic mass is 16.7. The fraction of sp³-hybridized carbons (Fsp3) is 0.786. The molecule has 0 N–H and O–H groups in total. The molecule has 1 atom stereocenters. The van der Waals surface area contributed by atoms with Crippen molar-refractivity contribution >= 4 is 5.78 Å². The van der Waals surface area contributed by atoms with Crippen LogP contribution in [0.3, 0.4) is 0 Å². The molecule has 3 rings (SSSR count). The van der Waals surface area contributed by atoms with Crippen LogP contribution in [-0.4, -0.2) is 24.8 Å². The topological polar surface area (TPSA) is 35.5 Å². The molecule has 0 bridgehead atoms. The van der Waals surface area contributed by atoms with Crippen LogP contribution in [0.4, 0.5) is 0 Å². The quantitative estimate of drug-likeness (QED) is 0.648. The number of hydrogen-bond acceptors (Lipinski definition) is 3. The molecule has 1 saturated carbocycles. The van der Waals surface area contributed by atoms with Gasteiger partial charge in [-0.25, -0.2) is 0 Å². The van der Waals surface area contributed by atoms with E-state index in [0.717, 1.165) is 45.3 Å². The molecule has 3 heteroatoms. The van der Waals surface area contributed by atoms with Gasteiger partial charge in [0.1, 0.15) is 0 Å². The summed E-state index contributed by atoms with van der Waals surface area (Å²) in [5.74, 6) is -0.180. The molecule has 2 fully saturated rings. The number of ether oxygens (including phenoxy) is 2. The normalized spacial score (nSPS) is 36.5. The van der Waals surface area contributed by atoms with Gasteiger partial charge in [-0.05, 0) is 31.8 Å². The van der Waals surface area contributed by atoms with Crippen molar-refractivity contribution in [1.82, 2.24) is 0 Å². The number of carbonyl (C=O) groups excluding carboxylic acids is 1. The zero-order valence-corrected chi connectivity index (χ0v) is 10.5. The summed E-state index contributed by atoms with van der Waals surface area (Å²) < 4.78 is 12.1. The maximum Gasteiger partial charge on any atom is 0.177 e. The second-order valence-electron chi connectivity index (χ2n) is 5.62. The third kappa shape index (κ3) is 1.59. The molecule has 17 heavy (non-hydrogen) atoms. The molecule has 0 aromatic rings. The Morgan fingerprint density at radius 1 is 1.12 bits per heavy atom. The predicted octanol–water partition coefficient (Wildman–Crippen LogP) is 2.60. The summed E-state index contributed by atoms with van der Waals surface area (Å²) in [6, 6.07) is 0. The van der Waals surface area contributed by atoms with Crippen LogP contribution in [0.15, 0.2) is 11.6 Å². The molecule has 94 valence electrons. The SMILES string of the molecule is C[C@]12CCC(=O)C=C1CCCC21OCCCO1. The number of allylic oxidation sites excluding steroid dienone is 1. The van der Waals surface area contributed by atoms with Gasteiger partial charge in [0.15, 0.2) is 11.6 Å². The van der Waals surface area contributed by atoms with E-state index < -0.39 is 5.79 Å². The number of fused-ring (bicyclic) bond motifs is 2. The van der Waals surface area contributed by atoms with Gasteiger partial charge in [0.2, 0.25) is 0 Å². The monoisotopic (exact) mass is 236 g/mol. The highest BCUT2D eigenvalue weighted by Crippen LogP contribution is 2.55. The van der Waals surface area contributed by atoms with Gasteiger partial charge in [-0.1, -0.05) is 12.5 Å². The summed E-state index contributed by atoms with van der Waals surface area (Å²) in [4.78, 5) is 11.6. The Morgan fingerprint density at radius 3 is 2.65 bits per heavy atom. The molecule has 2 aliphatic carbocycles. The molecule has 0 aromatic carbocycles. The van der Waals surface area contributed by atoms with E-state index >= 15 is 0 Å². The molecule has 3 nitrogen and oxygen atoms in total. The van der Waals surface area contributed by atoms with Crippen LogP contribution >= 0.6 is 0 Å². The number of ketones is 1. The van der Waals surface area contributed by atoms with E-state index in [1.165, 1.54) is 5.57 Å². The highest BCUT2D eigenvalue weighted by molar-refractivity contribution is 5.91. The molecule has 0 unspecified atom stereocenters. The highest BCUT2D eigenvalue weighted by Gasteiger charge is 2.56. The van der Waals surface area contributed by atoms with Crippen molar-refractivity contribution in [1.29, 1.82) is 0 Å². The van der Waals surface area contributed by atoms with E-state index in [1.54, 1.807) is 0 Å². The first-order chi connectivity index (χ1) is 8.16. The lowest BCUT2D eigenvalue weighted by Crippen LogP contribution is -2.57. The average molecular weight is 236 g/mol. The number of carbonyl (C=O) groups is 1. The first kappa shape index (κ1) is 11.4. The zero-order valence-electron chi connectivity index (χ0n) is 10.5. The Labute approximate surface area is 102 Å². The molecular weight excluding hydrogens is 216 g/mol. The summed E-state index contributed by atoms with van der Waals surface area (Å²) in [5, 5.41) is 0. The van der Waals surface area contributed by atoms with Gasteiger partial charge in [-0.3, -0.25) is 4.79 Å². The van der Waals surface area contributed by atoms with Gasteiger partial charge in [0.05, 0.1) is 13.2 Å².